The third kappa shape index (κ3) is 1.96. The molecule has 0 aliphatic carbocycles. The molecule has 0 saturated carbocycles. The molecule has 1 aliphatic rings. The van der Waals surface area contributed by atoms with Gasteiger partial charge in [0, 0.05) is 23.8 Å². The minimum Gasteiger partial charge on any atom is -0.369 e. The van der Waals surface area contributed by atoms with Crippen molar-refractivity contribution in [1.29, 1.82) is 0 Å². The molecule has 15 heavy (non-hydrogen) atoms. The predicted octanol–water partition coefficient (Wildman–Crippen LogP) is 1.77. The third-order valence-corrected chi connectivity index (χ3v) is 3.04. The first kappa shape index (κ1) is 10.0. The second-order valence-electron chi connectivity index (χ2n) is 4.10. The van der Waals surface area contributed by atoms with E-state index in [1.807, 2.05) is 12.1 Å². The zero-order valence-electron chi connectivity index (χ0n) is 8.94. The maximum atomic E-state index is 10.9. The monoisotopic (exact) mass is 204 g/mol. The summed E-state index contributed by atoms with van der Waals surface area (Å²) in [6.45, 7) is 3.34. The number of rotatable bonds is 2. The summed E-state index contributed by atoms with van der Waals surface area (Å²) in [5, 5.41) is 0. The average Bonchev–Trinajstić information content (AvgIpc) is 2.65. The van der Waals surface area contributed by atoms with Crippen LogP contribution < -0.4 is 10.6 Å². The van der Waals surface area contributed by atoms with E-state index in [1.54, 1.807) is 12.1 Å². The van der Waals surface area contributed by atoms with Gasteiger partial charge in [-0.05, 0) is 44.0 Å². The van der Waals surface area contributed by atoms with Crippen LogP contribution in [-0.4, -0.2) is 18.5 Å². The smallest absolute Gasteiger partial charge is 0.248 e. The number of hydrogen-bond donors (Lipinski definition) is 1. The van der Waals surface area contributed by atoms with Crippen molar-refractivity contribution in [2.45, 2.75) is 25.8 Å². The molecule has 3 heteroatoms. The van der Waals surface area contributed by atoms with Crippen LogP contribution in [0.4, 0.5) is 5.69 Å². The van der Waals surface area contributed by atoms with Crippen molar-refractivity contribution in [3.05, 3.63) is 29.8 Å². The highest BCUT2D eigenvalue weighted by atomic mass is 16.1. The Kier molecular flexibility index (Phi) is 2.62. The van der Waals surface area contributed by atoms with Crippen LogP contribution in [0.2, 0.25) is 0 Å². The number of primary amides is 1. The molecular formula is C12H16N2O. The number of benzene rings is 1. The zero-order valence-corrected chi connectivity index (χ0v) is 8.94. The average molecular weight is 204 g/mol. The Bertz CT molecular complexity index is 358. The van der Waals surface area contributed by atoms with Crippen molar-refractivity contribution in [2.75, 3.05) is 11.4 Å². The maximum absolute atomic E-state index is 10.9. The van der Waals surface area contributed by atoms with Crippen molar-refractivity contribution in [1.82, 2.24) is 0 Å². The van der Waals surface area contributed by atoms with Crippen LogP contribution in [0.1, 0.15) is 30.1 Å². The molecule has 1 aromatic rings. The van der Waals surface area contributed by atoms with Crippen molar-refractivity contribution < 1.29 is 4.79 Å². The molecule has 0 spiro atoms. The van der Waals surface area contributed by atoms with E-state index in [9.17, 15) is 4.79 Å². The number of nitrogens with zero attached hydrogens (tertiary/aromatic N) is 1. The first-order valence-corrected chi connectivity index (χ1v) is 5.35. The van der Waals surface area contributed by atoms with Crippen molar-refractivity contribution >= 4 is 11.6 Å². The van der Waals surface area contributed by atoms with E-state index < -0.39 is 0 Å². The minimum atomic E-state index is -0.365. The summed E-state index contributed by atoms with van der Waals surface area (Å²) in [5.41, 5.74) is 6.95. The number of anilines is 1. The number of amides is 1. The van der Waals surface area contributed by atoms with Crippen molar-refractivity contribution in [3.8, 4) is 0 Å². The molecule has 0 unspecified atom stereocenters. The topological polar surface area (TPSA) is 46.3 Å². The molecule has 0 radical (unpaired) electrons. The third-order valence-electron chi connectivity index (χ3n) is 3.04. The molecule has 0 bridgehead atoms. The number of nitrogens with two attached hydrogens (primary N) is 1. The highest BCUT2D eigenvalue weighted by molar-refractivity contribution is 5.93. The van der Waals surface area contributed by atoms with Gasteiger partial charge in [0.25, 0.3) is 0 Å². The van der Waals surface area contributed by atoms with Gasteiger partial charge in [-0.3, -0.25) is 4.79 Å². The summed E-state index contributed by atoms with van der Waals surface area (Å²) in [5.74, 6) is -0.365. The molecular weight excluding hydrogens is 188 g/mol. The van der Waals surface area contributed by atoms with Crippen LogP contribution in [0, 0.1) is 0 Å². The molecule has 1 aromatic carbocycles. The van der Waals surface area contributed by atoms with Crippen LogP contribution in [0.25, 0.3) is 0 Å². The van der Waals surface area contributed by atoms with Gasteiger partial charge >= 0.3 is 0 Å². The zero-order chi connectivity index (χ0) is 10.8. The molecule has 80 valence electrons. The fraction of sp³-hybridized carbons (Fsp3) is 0.417. The first-order valence-electron chi connectivity index (χ1n) is 5.35. The van der Waals surface area contributed by atoms with Crippen LogP contribution in [-0.2, 0) is 0 Å². The van der Waals surface area contributed by atoms with Crippen LogP contribution in [0.15, 0.2) is 24.3 Å². The Morgan fingerprint density at radius 3 is 2.53 bits per heavy atom. The van der Waals surface area contributed by atoms with E-state index in [-0.39, 0.29) is 5.91 Å². The van der Waals surface area contributed by atoms with Gasteiger partial charge in [-0.1, -0.05) is 0 Å². The van der Waals surface area contributed by atoms with Crippen molar-refractivity contribution in [3.63, 3.8) is 0 Å². The normalized spacial score (nSPS) is 20.6. The Labute approximate surface area is 89.9 Å². The summed E-state index contributed by atoms with van der Waals surface area (Å²) in [6, 6.07) is 8.14. The molecule has 1 amide bonds. The Morgan fingerprint density at radius 2 is 2.07 bits per heavy atom. The van der Waals surface area contributed by atoms with E-state index in [0.717, 1.165) is 6.54 Å². The van der Waals surface area contributed by atoms with E-state index in [2.05, 4.69) is 11.8 Å². The lowest BCUT2D eigenvalue weighted by Gasteiger charge is -2.23. The molecule has 1 heterocycles. The summed E-state index contributed by atoms with van der Waals surface area (Å²) >= 11 is 0. The lowest BCUT2D eigenvalue weighted by atomic mass is 10.1. The van der Waals surface area contributed by atoms with Gasteiger partial charge in [0.2, 0.25) is 5.91 Å². The summed E-state index contributed by atoms with van der Waals surface area (Å²) in [7, 11) is 0. The quantitative estimate of drug-likeness (QED) is 0.798. The molecule has 1 atom stereocenters. The second kappa shape index (κ2) is 3.93. The lowest BCUT2D eigenvalue weighted by molar-refractivity contribution is 0.100. The van der Waals surface area contributed by atoms with Gasteiger partial charge in [0.05, 0.1) is 0 Å². The van der Waals surface area contributed by atoms with Gasteiger partial charge in [-0.25, -0.2) is 0 Å². The molecule has 2 N–H and O–H groups in total. The molecule has 2 rings (SSSR count). The molecule has 1 saturated heterocycles. The SMILES string of the molecule is C[C@H]1CCCN1c1ccc(C(N)=O)cc1. The summed E-state index contributed by atoms with van der Waals surface area (Å²) in [4.78, 5) is 13.3. The van der Waals surface area contributed by atoms with Crippen molar-refractivity contribution in [2.24, 2.45) is 5.73 Å². The Balaban J connectivity index is 2.19. The van der Waals surface area contributed by atoms with E-state index in [4.69, 9.17) is 5.73 Å². The van der Waals surface area contributed by atoms with Gasteiger partial charge < -0.3 is 10.6 Å². The van der Waals surface area contributed by atoms with E-state index >= 15 is 0 Å². The van der Waals surface area contributed by atoms with Gasteiger partial charge in [-0.15, -0.1) is 0 Å². The molecule has 3 nitrogen and oxygen atoms in total. The number of carbonyl (C=O) groups is 1. The van der Waals surface area contributed by atoms with Crippen LogP contribution >= 0.6 is 0 Å². The molecule has 1 fully saturated rings. The highest BCUT2D eigenvalue weighted by Crippen LogP contribution is 2.25. The number of carbonyl (C=O) groups excluding carboxylic acids is 1. The first-order chi connectivity index (χ1) is 7.18. The highest BCUT2D eigenvalue weighted by Gasteiger charge is 2.20. The number of hydrogen-bond acceptors (Lipinski definition) is 2. The van der Waals surface area contributed by atoms with E-state index in [1.165, 1.54) is 18.5 Å². The van der Waals surface area contributed by atoms with Crippen LogP contribution in [0.3, 0.4) is 0 Å². The van der Waals surface area contributed by atoms with Gasteiger partial charge in [-0.2, -0.15) is 0 Å². The largest absolute Gasteiger partial charge is 0.369 e. The second-order valence-corrected chi connectivity index (χ2v) is 4.10. The maximum Gasteiger partial charge on any atom is 0.248 e. The standard InChI is InChI=1S/C12H16N2O/c1-9-3-2-8-14(9)11-6-4-10(5-7-11)12(13)15/h4-7,9H,2-3,8H2,1H3,(H2,13,15)/t9-/m0/s1. The Morgan fingerprint density at radius 1 is 1.40 bits per heavy atom. The Hall–Kier alpha value is -1.51. The fourth-order valence-electron chi connectivity index (χ4n) is 2.13. The van der Waals surface area contributed by atoms with E-state index in [0.29, 0.717) is 11.6 Å². The molecule has 1 aliphatic heterocycles. The summed E-state index contributed by atoms with van der Waals surface area (Å²) in [6.07, 6.45) is 2.50. The van der Waals surface area contributed by atoms with Crippen LogP contribution in [0.5, 0.6) is 0 Å². The summed E-state index contributed by atoms with van der Waals surface area (Å²) < 4.78 is 0. The minimum absolute atomic E-state index is 0.365. The fourth-order valence-corrected chi connectivity index (χ4v) is 2.13. The lowest BCUT2D eigenvalue weighted by Crippen LogP contribution is -2.26. The van der Waals surface area contributed by atoms with Gasteiger partial charge in [0.1, 0.15) is 0 Å². The molecule has 0 aromatic heterocycles. The predicted molar refractivity (Wildman–Crippen MR) is 61.0 cm³/mol. The van der Waals surface area contributed by atoms with Gasteiger partial charge in [0.15, 0.2) is 0 Å².